The molecule has 1 atom stereocenters. The summed E-state index contributed by atoms with van der Waals surface area (Å²) in [5, 5.41) is 3.45. The Bertz CT molecular complexity index is 199. The first-order chi connectivity index (χ1) is 6.88. The summed E-state index contributed by atoms with van der Waals surface area (Å²) in [4.78, 5) is 2.68. The normalized spacial score (nSPS) is 37.3. The Kier molecular flexibility index (Phi) is 2.26. The minimum absolute atomic E-state index is 0.600. The molecule has 0 radical (unpaired) electrons. The van der Waals surface area contributed by atoms with E-state index >= 15 is 0 Å². The highest BCUT2D eigenvalue weighted by molar-refractivity contribution is 4.93. The van der Waals surface area contributed by atoms with Crippen LogP contribution in [0.2, 0.25) is 0 Å². The Labute approximate surface area is 85.8 Å². The van der Waals surface area contributed by atoms with E-state index in [-0.39, 0.29) is 0 Å². The van der Waals surface area contributed by atoms with Gasteiger partial charge in [-0.25, -0.2) is 0 Å². The molecule has 3 saturated heterocycles. The van der Waals surface area contributed by atoms with Crippen molar-refractivity contribution in [2.24, 2.45) is 5.41 Å². The SMILES string of the molecule is C1CC(N2CCC3(CC2)COC3)CN1. The number of hydrogen-bond acceptors (Lipinski definition) is 3. The fourth-order valence-corrected chi connectivity index (χ4v) is 2.99. The molecule has 3 heterocycles. The molecule has 0 bridgehead atoms. The fraction of sp³-hybridized carbons (Fsp3) is 1.00. The van der Waals surface area contributed by atoms with Crippen LogP contribution in [0.25, 0.3) is 0 Å². The predicted octanol–water partition coefficient (Wildman–Crippen LogP) is 0.461. The largest absolute Gasteiger partial charge is 0.380 e. The van der Waals surface area contributed by atoms with Crippen LogP contribution >= 0.6 is 0 Å². The minimum atomic E-state index is 0.600. The molecule has 1 spiro atoms. The lowest BCUT2D eigenvalue weighted by Gasteiger charge is -2.48. The summed E-state index contributed by atoms with van der Waals surface area (Å²) in [7, 11) is 0. The van der Waals surface area contributed by atoms with Gasteiger partial charge in [-0.2, -0.15) is 0 Å². The molecule has 0 saturated carbocycles. The molecule has 3 rings (SSSR count). The third kappa shape index (κ3) is 1.47. The second kappa shape index (κ2) is 3.47. The summed E-state index contributed by atoms with van der Waals surface area (Å²) < 4.78 is 5.35. The molecule has 14 heavy (non-hydrogen) atoms. The van der Waals surface area contributed by atoms with Crippen molar-refractivity contribution in [3.63, 3.8) is 0 Å². The quantitative estimate of drug-likeness (QED) is 0.659. The van der Waals surface area contributed by atoms with Gasteiger partial charge in [-0.3, -0.25) is 4.90 Å². The van der Waals surface area contributed by atoms with Crippen molar-refractivity contribution in [2.75, 3.05) is 39.4 Å². The number of nitrogens with zero attached hydrogens (tertiary/aromatic N) is 1. The zero-order chi connectivity index (χ0) is 9.43. The zero-order valence-corrected chi connectivity index (χ0v) is 8.80. The Hall–Kier alpha value is -0.120. The van der Waals surface area contributed by atoms with Gasteiger partial charge in [0.05, 0.1) is 13.2 Å². The maximum absolute atomic E-state index is 5.35. The lowest BCUT2D eigenvalue weighted by atomic mass is 9.76. The van der Waals surface area contributed by atoms with Gasteiger partial charge in [0.25, 0.3) is 0 Å². The molecule has 3 aliphatic heterocycles. The standard InChI is InChI=1S/C11H20N2O/c1-4-12-7-10(1)13-5-2-11(3-6-13)8-14-9-11/h10,12H,1-9H2. The average Bonchev–Trinajstić information content (AvgIpc) is 2.68. The van der Waals surface area contributed by atoms with E-state index in [1.54, 1.807) is 0 Å². The molecule has 3 heteroatoms. The maximum Gasteiger partial charge on any atom is 0.0545 e. The van der Waals surface area contributed by atoms with Gasteiger partial charge in [-0.15, -0.1) is 0 Å². The number of rotatable bonds is 1. The van der Waals surface area contributed by atoms with Crippen LogP contribution in [-0.2, 0) is 4.74 Å². The van der Waals surface area contributed by atoms with Crippen LogP contribution in [0.4, 0.5) is 0 Å². The predicted molar refractivity (Wildman–Crippen MR) is 55.3 cm³/mol. The molecular weight excluding hydrogens is 176 g/mol. The van der Waals surface area contributed by atoms with Crippen LogP contribution in [0.15, 0.2) is 0 Å². The van der Waals surface area contributed by atoms with Crippen molar-refractivity contribution in [3.8, 4) is 0 Å². The summed E-state index contributed by atoms with van der Waals surface area (Å²) in [5.41, 5.74) is 0.600. The van der Waals surface area contributed by atoms with Gasteiger partial charge in [0.2, 0.25) is 0 Å². The molecule has 0 aromatic heterocycles. The first-order valence-electron chi connectivity index (χ1n) is 5.91. The van der Waals surface area contributed by atoms with Crippen molar-refractivity contribution in [3.05, 3.63) is 0 Å². The topological polar surface area (TPSA) is 24.5 Å². The van der Waals surface area contributed by atoms with Crippen LogP contribution in [0.1, 0.15) is 19.3 Å². The van der Waals surface area contributed by atoms with Gasteiger partial charge in [-0.1, -0.05) is 0 Å². The maximum atomic E-state index is 5.35. The van der Waals surface area contributed by atoms with Crippen LogP contribution in [-0.4, -0.2) is 50.3 Å². The van der Waals surface area contributed by atoms with E-state index in [2.05, 4.69) is 10.2 Å². The van der Waals surface area contributed by atoms with Gasteiger partial charge >= 0.3 is 0 Å². The van der Waals surface area contributed by atoms with Gasteiger partial charge < -0.3 is 10.1 Å². The van der Waals surface area contributed by atoms with E-state index in [1.165, 1.54) is 45.4 Å². The lowest BCUT2D eigenvalue weighted by molar-refractivity contribution is -0.142. The average molecular weight is 196 g/mol. The Morgan fingerprint density at radius 2 is 2.00 bits per heavy atom. The Balaban J connectivity index is 1.54. The molecule has 0 amide bonds. The summed E-state index contributed by atoms with van der Waals surface area (Å²) in [6, 6.07) is 0.827. The van der Waals surface area contributed by atoms with E-state index < -0.39 is 0 Å². The number of piperidine rings is 1. The summed E-state index contributed by atoms with van der Waals surface area (Å²) in [6.45, 7) is 7.10. The molecular formula is C11H20N2O. The van der Waals surface area contributed by atoms with Gasteiger partial charge in [0.15, 0.2) is 0 Å². The molecule has 3 nitrogen and oxygen atoms in total. The van der Waals surface area contributed by atoms with Gasteiger partial charge in [0.1, 0.15) is 0 Å². The number of ether oxygens (including phenoxy) is 1. The summed E-state index contributed by atoms with van der Waals surface area (Å²) >= 11 is 0. The molecule has 3 aliphatic rings. The molecule has 0 aromatic rings. The lowest BCUT2D eigenvalue weighted by Crippen LogP contribution is -2.53. The highest BCUT2D eigenvalue weighted by Crippen LogP contribution is 2.38. The van der Waals surface area contributed by atoms with Crippen LogP contribution in [0, 0.1) is 5.41 Å². The van der Waals surface area contributed by atoms with E-state index in [1.807, 2.05) is 0 Å². The van der Waals surface area contributed by atoms with Crippen LogP contribution < -0.4 is 5.32 Å². The third-order valence-corrected chi connectivity index (χ3v) is 4.23. The molecule has 3 fully saturated rings. The number of hydrogen-bond donors (Lipinski definition) is 1. The highest BCUT2D eigenvalue weighted by Gasteiger charge is 2.42. The number of nitrogens with one attached hydrogen (secondary N) is 1. The second-order valence-electron chi connectivity index (χ2n) is 5.18. The Morgan fingerprint density at radius 1 is 1.21 bits per heavy atom. The summed E-state index contributed by atoms with van der Waals surface area (Å²) in [6.07, 6.45) is 4.08. The zero-order valence-electron chi connectivity index (χ0n) is 8.80. The highest BCUT2D eigenvalue weighted by atomic mass is 16.5. The van der Waals surface area contributed by atoms with E-state index in [0.717, 1.165) is 19.3 Å². The van der Waals surface area contributed by atoms with Gasteiger partial charge in [-0.05, 0) is 38.9 Å². The van der Waals surface area contributed by atoms with Crippen LogP contribution in [0.3, 0.4) is 0 Å². The second-order valence-corrected chi connectivity index (χ2v) is 5.18. The van der Waals surface area contributed by atoms with Gasteiger partial charge in [0, 0.05) is 18.0 Å². The van der Waals surface area contributed by atoms with E-state index in [9.17, 15) is 0 Å². The fourth-order valence-electron chi connectivity index (χ4n) is 2.99. The van der Waals surface area contributed by atoms with Crippen molar-refractivity contribution in [1.29, 1.82) is 0 Å². The van der Waals surface area contributed by atoms with Crippen molar-refractivity contribution in [2.45, 2.75) is 25.3 Å². The van der Waals surface area contributed by atoms with E-state index in [0.29, 0.717) is 5.41 Å². The molecule has 1 N–H and O–H groups in total. The minimum Gasteiger partial charge on any atom is -0.380 e. The van der Waals surface area contributed by atoms with E-state index in [4.69, 9.17) is 4.74 Å². The monoisotopic (exact) mass is 196 g/mol. The number of likely N-dealkylation sites (tertiary alicyclic amines) is 1. The third-order valence-electron chi connectivity index (χ3n) is 4.23. The molecule has 0 aromatic carbocycles. The first kappa shape index (κ1) is 9.13. The summed E-state index contributed by atoms with van der Waals surface area (Å²) in [5.74, 6) is 0. The van der Waals surface area contributed by atoms with Crippen LogP contribution in [0.5, 0.6) is 0 Å². The van der Waals surface area contributed by atoms with Crippen molar-refractivity contribution >= 4 is 0 Å². The molecule has 0 aliphatic carbocycles. The smallest absolute Gasteiger partial charge is 0.0545 e. The first-order valence-corrected chi connectivity index (χ1v) is 5.91. The van der Waals surface area contributed by atoms with Crippen molar-refractivity contribution in [1.82, 2.24) is 10.2 Å². The molecule has 1 unspecified atom stereocenters. The Morgan fingerprint density at radius 3 is 2.50 bits per heavy atom. The van der Waals surface area contributed by atoms with Crippen molar-refractivity contribution < 1.29 is 4.74 Å². The molecule has 80 valence electrons.